The van der Waals surface area contributed by atoms with Crippen molar-refractivity contribution in [3.05, 3.63) is 58.9 Å². The lowest BCUT2D eigenvalue weighted by atomic mass is 10.1. The van der Waals surface area contributed by atoms with E-state index >= 15 is 0 Å². The predicted molar refractivity (Wildman–Crippen MR) is 77.9 cm³/mol. The number of carbonyl (C=O) groups excluding carboxylic acids is 1. The van der Waals surface area contributed by atoms with E-state index in [1.54, 1.807) is 12.1 Å². The normalized spacial score (nSPS) is 10.2. The Hall–Kier alpha value is -2.56. The highest BCUT2D eigenvalue weighted by Crippen LogP contribution is 2.22. The number of nitrogens with one attached hydrogen (secondary N) is 1. The Kier molecular flexibility index (Phi) is 4.42. The topological polar surface area (TPSA) is 58.6 Å². The van der Waals surface area contributed by atoms with E-state index < -0.39 is 11.8 Å². The van der Waals surface area contributed by atoms with Crippen molar-refractivity contribution < 1.29 is 19.0 Å². The third kappa shape index (κ3) is 3.51. The maximum absolute atomic E-state index is 13.3. The summed E-state index contributed by atoms with van der Waals surface area (Å²) in [5.41, 5.74) is 2.22. The molecule has 0 radical (unpaired) electrons. The van der Waals surface area contributed by atoms with Gasteiger partial charge in [0.25, 0.3) is 0 Å². The first kappa shape index (κ1) is 14.8. The number of rotatable bonds is 4. The van der Waals surface area contributed by atoms with Gasteiger partial charge in [-0.15, -0.1) is 0 Å². The molecule has 0 unspecified atom stereocenters. The lowest BCUT2D eigenvalue weighted by Crippen LogP contribution is -2.09. The molecule has 21 heavy (non-hydrogen) atoms. The number of hydrogen-bond donors (Lipinski definition) is 2. The Morgan fingerprint density at radius 2 is 2.05 bits per heavy atom. The number of hydrogen-bond acceptors (Lipinski definition) is 4. The molecule has 2 rings (SSSR count). The number of esters is 1. The first-order valence-electron chi connectivity index (χ1n) is 6.41. The summed E-state index contributed by atoms with van der Waals surface area (Å²) in [5.74, 6) is -0.867. The Bertz CT molecular complexity index is 671. The number of aromatic hydroxyl groups is 1. The summed E-state index contributed by atoms with van der Waals surface area (Å²) in [6, 6.07) is 8.99. The van der Waals surface area contributed by atoms with E-state index in [1.165, 1.54) is 25.3 Å². The zero-order valence-corrected chi connectivity index (χ0v) is 11.8. The SMILES string of the molecule is COC(=O)c1ccc(F)cc1NCc1cc(C)ccc1O. The molecule has 2 aromatic rings. The van der Waals surface area contributed by atoms with Crippen LogP contribution in [0.15, 0.2) is 36.4 Å². The van der Waals surface area contributed by atoms with E-state index in [0.717, 1.165) is 5.56 Å². The second kappa shape index (κ2) is 6.26. The van der Waals surface area contributed by atoms with Crippen LogP contribution >= 0.6 is 0 Å². The number of aryl methyl sites for hydroxylation is 1. The van der Waals surface area contributed by atoms with E-state index in [4.69, 9.17) is 0 Å². The molecule has 110 valence electrons. The molecule has 5 heteroatoms. The Balaban J connectivity index is 2.25. The van der Waals surface area contributed by atoms with Crippen LogP contribution in [0.5, 0.6) is 5.75 Å². The fourth-order valence-corrected chi connectivity index (χ4v) is 2.00. The van der Waals surface area contributed by atoms with Gasteiger partial charge >= 0.3 is 5.97 Å². The molecular formula is C16H16FNO3. The highest BCUT2D eigenvalue weighted by atomic mass is 19.1. The average molecular weight is 289 g/mol. The molecule has 0 aliphatic carbocycles. The number of carbonyl (C=O) groups is 1. The van der Waals surface area contributed by atoms with Gasteiger partial charge in [0.05, 0.1) is 18.4 Å². The number of anilines is 1. The maximum Gasteiger partial charge on any atom is 0.339 e. The molecule has 0 amide bonds. The quantitative estimate of drug-likeness (QED) is 0.848. The molecule has 2 N–H and O–H groups in total. The maximum atomic E-state index is 13.3. The molecule has 0 heterocycles. The fraction of sp³-hybridized carbons (Fsp3) is 0.188. The van der Waals surface area contributed by atoms with Crippen LogP contribution in [0.3, 0.4) is 0 Å². The molecule has 0 saturated carbocycles. The minimum atomic E-state index is -0.550. The molecule has 0 aromatic heterocycles. The summed E-state index contributed by atoms with van der Waals surface area (Å²) in [6.45, 7) is 2.17. The number of phenolic OH excluding ortho intramolecular Hbond substituents is 1. The number of halogens is 1. The zero-order valence-electron chi connectivity index (χ0n) is 11.8. The third-order valence-electron chi connectivity index (χ3n) is 3.09. The summed E-state index contributed by atoms with van der Waals surface area (Å²) in [4.78, 5) is 11.6. The van der Waals surface area contributed by atoms with E-state index in [-0.39, 0.29) is 17.9 Å². The Morgan fingerprint density at radius 3 is 2.76 bits per heavy atom. The van der Waals surface area contributed by atoms with Crippen molar-refractivity contribution in [1.82, 2.24) is 0 Å². The predicted octanol–water partition coefficient (Wildman–Crippen LogP) is 3.24. The van der Waals surface area contributed by atoms with Crippen LogP contribution in [0, 0.1) is 12.7 Å². The van der Waals surface area contributed by atoms with Crippen LogP contribution in [0.1, 0.15) is 21.5 Å². The van der Waals surface area contributed by atoms with Crippen molar-refractivity contribution in [3.8, 4) is 5.75 Å². The molecule has 0 spiro atoms. The monoisotopic (exact) mass is 289 g/mol. The van der Waals surface area contributed by atoms with Crippen LogP contribution in [-0.4, -0.2) is 18.2 Å². The molecule has 4 nitrogen and oxygen atoms in total. The minimum Gasteiger partial charge on any atom is -0.508 e. The van der Waals surface area contributed by atoms with Crippen molar-refractivity contribution in [2.45, 2.75) is 13.5 Å². The number of methoxy groups -OCH3 is 1. The van der Waals surface area contributed by atoms with Crippen molar-refractivity contribution in [3.63, 3.8) is 0 Å². The average Bonchev–Trinajstić information content (AvgIpc) is 2.47. The van der Waals surface area contributed by atoms with Gasteiger partial charge in [-0.2, -0.15) is 0 Å². The molecule has 0 atom stereocenters. The van der Waals surface area contributed by atoms with Crippen molar-refractivity contribution in [2.24, 2.45) is 0 Å². The first-order chi connectivity index (χ1) is 10.0. The number of ether oxygens (including phenoxy) is 1. The van der Waals surface area contributed by atoms with Gasteiger partial charge < -0.3 is 15.2 Å². The summed E-state index contributed by atoms with van der Waals surface area (Å²) >= 11 is 0. The summed E-state index contributed by atoms with van der Waals surface area (Å²) < 4.78 is 18.0. The van der Waals surface area contributed by atoms with E-state index in [0.29, 0.717) is 11.3 Å². The Labute approximate surface area is 122 Å². The van der Waals surface area contributed by atoms with Crippen molar-refractivity contribution >= 4 is 11.7 Å². The van der Waals surface area contributed by atoms with Crippen LogP contribution in [0.4, 0.5) is 10.1 Å². The van der Waals surface area contributed by atoms with Gasteiger partial charge in [-0.25, -0.2) is 9.18 Å². The summed E-state index contributed by atoms with van der Waals surface area (Å²) in [6.07, 6.45) is 0. The highest BCUT2D eigenvalue weighted by molar-refractivity contribution is 5.95. The number of benzene rings is 2. The van der Waals surface area contributed by atoms with Crippen LogP contribution < -0.4 is 5.32 Å². The second-order valence-corrected chi connectivity index (χ2v) is 4.67. The van der Waals surface area contributed by atoms with Crippen molar-refractivity contribution in [2.75, 3.05) is 12.4 Å². The van der Waals surface area contributed by atoms with Gasteiger partial charge in [0.1, 0.15) is 11.6 Å². The van der Waals surface area contributed by atoms with Gasteiger partial charge in [-0.1, -0.05) is 17.7 Å². The van der Waals surface area contributed by atoms with E-state index in [2.05, 4.69) is 10.1 Å². The van der Waals surface area contributed by atoms with Crippen LogP contribution in [0.2, 0.25) is 0 Å². The summed E-state index contributed by atoms with van der Waals surface area (Å²) in [5, 5.41) is 12.7. The molecule has 0 fully saturated rings. The standard InChI is InChI=1S/C16H16FNO3/c1-10-3-6-15(19)11(7-10)9-18-14-8-12(17)4-5-13(14)16(20)21-2/h3-8,18-19H,9H2,1-2H3. The highest BCUT2D eigenvalue weighted by Gasteiger charge is 2.13. The molecule has 0 aliphatic rings. The minimum absolute atomic E-state index is 0.143. The summed E-state index contributed by atoms with van der Waals surface area (Å²) in [7, 11) is 1.27. The smallest absolute Gasteiger partial charge is 0.339 e. The van der Waals surface area contributed by atoms with Gasteiger partial charge in [0.2, 0.25) is 0 Å². The molecule has 0 aliphatic heterocycles. The lowest BCUT2D eigenvalue weighted by Gasteiger charge is -2.12. The van der Waals surface area contributed by atoms with E-state index in [1.807, 2.05) is 13.0 Å². The van der Waals surface area contributed by atoms with E-state index in [9.17, 15) is 14.3 Å². The first-order valence-corrected chi connectivity index (χ1v) is 6.41. The lowest BCUT2D eigenvalue weighted by molar-refractivity contribution is 0.0602. The van der Waals surface area contributed by atoms with Gasteiger partial charge in [0, 0.05) is 12.1 Å². The third-order valence-corrected chi connectivity index (χ3v) is 3.09. The zero-order chi connectivity index (χ0) is 15.4. The molecule has 2 aromatic carbocycles. The van der Waals surface area contributed by atoms with Gasteiger partial charge in [-0.05, 0) is 31.2 Å². The van der Waals surface area contributed by atoms with Crippen LogP contribution in [-0.2, 0) is 11.3 Å². The fourth-order valence-electron chi connectivity index (χ4n) is 2.00. The van der Waals surface area contributed by atoms with Crippen molar-refractivity contribution in [1.29, 1.82) is 0 Å². The number of phenols is 1. The second-order valence-electron chi connectivity index (χ2n) is 4.67. The Morgan fingerprint density at radius 1 is 1.29 bits per heavy atom. The largest absolute Gasteiger partial charge is 0.508 e. The van der Waals surface area contributed by atoms with Crippen LogP contribution in [0.25, 0.3) is 0 Å². The molecule has 0 saturated heterocycles. The molecule has 0 bridgehead atoms. The van der Waals surface area contributed by atoms with Gasteiger partial charge in [-0.3, -0.25) is 0 Å². The van der Waals surface area contributed by atoms with Gasteiger partial charge in [0.15, 0.2) is 0 Å². The molecular weight excluding hydrogens is 273 g/mol.